The average molecular weight is 275 g/mol. The molecular formula is C13H13N3O2S. The highest BCUT2D eigenvalue weighted by Gasteiger charge is 2.21. The Balaban J connectivity index is 1.93. The minimum Gasteiger partial charge on any atom is -0.284 e. The van der Waals surface area contributed by atoms with Crippen molar-refractivity contribution in [2.24, 2.45) is 0 Å². The van der Waals surface area contributed by atoms with Crippen LogP contribution in [0.2, 0.25) is 0 Å². The van der Waals surface area contributed by atoms with Crippen molar-refractivity contribution in [3.63, 3.8) is 0 Å². The third kappa shape index (κ3) is 2.39. The predicted molar refractivity (Wildman–Crippen MR) is 73.9 cm³/mol. The molecule has 0 saturated carbocycles. The van der Waals surface area contributed by atoms with Gasteiger partial charge < -0.3 is 0 Å². The second kappa shape index (κ2) is 4.55. The SMILES string of the molecule is O=S(=O)(Nc1cn[nH]c1)C1=Cc2ccccc2CC1. The van der Waals surface area contributed by atoms with Crippen LogP contribution in [0.4, 0.5) is 5.69 Å². The first kappa shape index (κ1) is 12.0. The molecule has 2 aromatic rings. The van der Waals surface area contributed by atoms with Crippen molar-refractivity contribution in [2.45, 2.75) is 12.8 Å². The number of hydrogen-bond acceptors (Lipinski definition) is 3. The predicted octanol–water partition coefficient (Wildman–Crippen LogP) is 2.14. The highest BCUT2D eigenvalue weighted by molar-refractivity contribution is 7.96. The number of aromatic amines is 1. The third-order valence-corrected chi connectivity index (χ3v) is 4.62. The number of H-pyrrole nitrogens is 1. The maximum Gasteiger partial charge on any atom is 0.258 e. The average Bonchev–Trinajstić information content (AvgIpc) is 2.90. The molecule has 0 spiro atoms. The van der Waals surface area contributed by atoms with Crippen molar-refractivity contribution in [2.75, 3.05) is 4.72 Å². The second-order valence-corrected chi connectivity index (χ2v) is 6.14. The fourth-order valence-electron chi connectivity index (χ4n) is 2.15. The number of anilines is 1. The Morgan fingerprint density at radius 2 is 2.05 bits per heavy atom. The van der Waals surface area contributed by atoms with Crippen molar-refractivity contribution in [1.82, 2.24) is 10.2 Å². The number of aromatic nitrogens is 2. The molecule has 1 aliphatic carbocycles. The molecule has 0 amide bonds. The Bertz CT molecular complexity index is 718. The number of fused-ring (bicyclic) bond motifs is 1. The summed E-state index contributed by atoms with van der Waals surface area (Å²) in [6.45, 7) is 0. The third-order valence-electron chi connectivity index (χ3n) is 3.11. The van der Waals surface area contributed by atoms with Gasteiger partial charge in [0.2, 0.25) is 0 Å². The van der Waals surface area contributed by atoms with E-state index in [0.717, 1.165) is 12.0 Å². The number of nitrogens with zero attached hydrogens (tertiary/aromatic N) is 1. The number of hydrogen-bond donors (Lipinski definition) is 2. The minimum atomic E-state index is -3.50. The van der Waals surface area contributed by atoms with Gasteiger partial charge >= 0.3 is 0 Å². The topological polar surface area (TPSA) is 74.8 Å². The van der Waals surface area contributed by atoms with Crippen molar-refractivity contribution in [1.29, 1.82) is 0 Å². The highest BCUT2D eigenvalue weighted by Crippen LogP contribution is 2.27. The van der Waals surface area contributed by atoms with E-state index in [4.69, 9.17) is 0 Å². The van der Waals surface area contributed by atoms with E-state index in [1.807, 2.05) is 24.3 Å². The lowest BCUT2D eigenvalue weighted by Gasteiger charge is -2.16. The van der Waals surface area contributed by atoms with E-state index in [1.165, 1.54) is 18.0 Å². The molecule has 0 aliphatic heterocycles. The van der Waals surface area contributed by atoms with Gasteiger partial charge in [0, 0.05) is 6.20 Å². The molecular weight excluding hydrogens is 262 g/mol. The van der Waals surface area contributed by atoms with Crippen LogP contribution in [0.1, 0.15) is 17.5 Å². The lowest BCUT2D eigenvalue weighted by molar-refractivity contribution is 0.605. The van der Waals surface area contributed by atoms with Gasteiger partial charge in [0.05, 0.1) is 16.8 Å². The molecule has 5 nitrogen and oxygen atoms in total. The number of aryl methyl sites for hydroxylation is 1. The molecule has 0 unspecified atom stereocenters. The molecule has 0 bridgehead atoms. The first-order valence-electron chi connectivity index (χ1n) is 5.95. The Hall–Kier alpha value is -2.08. The molecule has 0 atom stereocenters. The second-order valence-electron chi connectivity index (χ2n) is 4.40. The number of rotatable bonds is 3. The summed E-state index contributed by atoms with van der Waals surface area (Å²) < 4.78 is 27.0. The van der Waals surface area contributed by atoms with Crippen LogP contribution in [0, 0.1) is 0 Å². The van der Waals surface area contributed by atoms with Gasteiger partial charge in [-0.15, -0.1) is 0 Å². The fourth-order valence-corrected chi connectivity index (χ4v) is 3.35. The maximum absolute atomic E-state index is 12.2. The highest BCUT2D eigenvalue weighted by atomic mass is 32.2. The van der Waals surface area contributed by atoms with Gasteiger partial charge in [-0.1, -0.05) is 24.3 Å². The van der Waals surface area contributed by atoms with Gasteiger partial charge in [-0.2, -0.15) is 5.10 Å². The summed E-state index contributed by atoms with van der Waals surface area (Å²) in [6, 6.07) is 7.84. The first-order valence-corrected chi connectivity index (χ1v) is 7.43. The Morgan fingerprint density at radius 1 is 1.21 bits per heavy atom. The van der Waals surface area contributed by atoms with E-state index in [2.05, 4.69) is 14.9 Å². The fraction of sp³-hybridized carbons (Fsp3) is 0.154. The molecule has 2 N–H and O–H groups in total. The standard InChI is InChI=1S/C13H13N3O2S/c17-19(18,16-12-8-14-15-9-12)13-6-5-10-3-1-2-4-11(10)7-13/h1-4,7-9,16H,5-6H2,(H,14,15). The first-order chi connectivity index (χ1) is 9.15. The van der Waals surface area contributed by atoms with Crippen LogP contribution in [0.3, 0.4) is 0 Å². The minimum absolute atomic E-state index is 0.410. The molecule has 0 saturated heterocycles. The van der Waals surface area contributed by atoms with E-state index in [1.54, 1.807) is 6.08 Å². The number of allylic oxidation sites excluding steroid dienone is 1. The summed E-state index contributed by atoms with van der Waals surface area (Å²) >= 11 is 0. The summed E-state index contributed by atoms with van der Waals surface area (Å²) in [5.74, 6) is 0. The summed E-state index contributed by atoms with van der Waals surface area (Å²) in [6.07, 6.45) is 5.95. The Labute approximate surface area is 111 Å². The summed E-state index contributed by atoms with van der Waals surface area (Å²) in [5.41, 5.74) is 2.60. The molecule has 1 heterocycles. The monoisotopic (exact) mass is 275 g/mol. The molecule has 98 valence electrons. The number of nitrogens with one attached hydrogen (secondary N) is 2. The van der Waals surface area contributed by atoms with Crippen molar-refractivity contribution < 1.29 is 8.42 Å². The van der Waals surface area contributed by atoms with Crippen molar-refractivity contribution >= 4 is 21.8 Å². The smallest absolute Gasteiger partial charge is 0.258 e. The van der Waals surface area contributed by atoms with Crippen LogP contribution in [-0.2, 0) is 16.4 Å². The van der Waals surface area contributed by atoms with Gasteiger partial charge in [0.1, 0.15) is 0 Å². The normalized spacial score (nSPS) is 14.6. The molecule has 1 aliphatic rings. The number of sulfonamides is 1. The lowest BCUT2D eigenvalue weighted by Crippen LogP contribution is -2.17. The number of benzene rings is 1. The largest absolute Gasteiger partial charge is 0.284 e. The van der Waals surface area contributed by atoms with Crippen LogP contribution in [0.25, 0.3) is 6.08 Å². The molecule has 1 aromatic heterocycles. The van der Waals surface area contributed by atoms with Gasteiger partial charge in [-0.25, -0.2) is 8.42 Å². The van der Waals surface area contributed by atoms with Crippen molar-refractivity contribution in [3.8, 4) is 0 Å². The molecule has 3 rings (SSSR count). The quantitative estimate of drug-likeness (QED) is 0.901. The molecule has 0 radical (unpaired) electrons. The van der Waals surface area contributed by atoms with Gasteiger partial charge in [-0.3, -0.25) is 9.82 Å². The van der Waals surface area contributed by atoms with Gasteiger partial charge in [0.15, 0.2) is 0 Å². The molecule has 1 aromatic carbocycles. The van der Waals surface area contributed by atoms with Gasteiger partial charge in [0.25, 0.3) is 10.0 Å². The van der Waals surface area contributed by atoms with E-state index in [-0.39, 0.29) is 0 Å². The maximum atomic E-state index is 12.2. The zero-order valence-electron chi connectivity index (χ0n) is 10.1. The summed E-state index contributed by atoms with van der Waals surface area (Å²) in [4.78, 5) is 0.410. The van der Waals surface area contributed by atoms with E-state index in [9.17, 15) is 8.42 Å². The van der Waals surface area contributed by atoms with Crippen LogP contribution in [-0.4, -0.2) is 18.6 Å². The zero-order valence-corrected chi connectivity index (χ0v) is 10.9. The van der Waals surface area contributed by atoms with E-state index in [0.29, 0.717) is 17.0 Å². The Kier molecular flexibility index (Phi) is 2.87. The van der Waals surface area contributed by atoms with Crippen LogP contribution < -0.4 is 4.72 Å². The molecule has 6 heteroatoms. The van der Waals surface area contributed by atoms with Crippen molar-refractivity contribution in [3.05, 3.63) is 52.7 Å². The molecule has 19 heavy (non-hydrogen) atoms. The van der Waals surface area contributed by atoms with E-state index >= 15 is 0 Å². The van der Waals surface area contributed by atoms with Crippen LogP contribution in [0.15, 0.2) is 41.6 Å². The summed E-state index contributed by atoms with van der Waals surface area (Å²) in [7, 11) is -3.50. The van der Waals surface area contributed by atoms with Crippen LogP contribution >= 0.6 is 0 Å². The zero-order chi connectivity index (χ0) is 13.3. The Morgan fingerprint density at radius 3 is 2.84 bits per heavy atom. The summed E-state index contributed by atoms with van der Waals surface area (Å²) in [5, 5.41) is 6.29. The van der Waals surface area contributed by atoms with E-state index < -0.39 is 10.0 Å². The van der Waals surface area contributed by atoms with Crippen LogP contribution in [0.5, 0.6) is 0 Å². The lowest BCUT2D eigenvalue weighted by atomic mass is 9.98. The molecule has 0 fully saturated rings. The van der Waals surface area contributed by atoms with Gasteiger partial charge in [-0.05, 0) is 30.0 Å².